The maximum absolute atomic E-state index is 4.99. The molecule has 0 radical (unpaired) electrons. The van der Waals surface area contributed by atoms with Crippen LogP contribution in [0, 0.1) is 5.92 Å². The number of rotatable bonds is 7. The molecule has 4 heterocycles. The fraction of sp³-hybridized carbons (Fsp3) is 0.375. The molecule has 1 saturated carbocycles. The number of hydrogen-bond acceptors (Lipinski definition) is 5. The molecule has 0 spiro atoms. The summed E-state index contributed by atoms with van der Waals surface area (Å²) in [5.41, 5.74) is 3.21. The van der Waals surface area contributed by atoms with Gasteiger partial charge in [0, 0.05) is 41.5 Å². The molecule has 0 aliphatic heterocycles. The zero-order valence-electron chi connectivity index (χ0n) is 17.4. The lowest BCUT2D eigenvalue weighted by Crippen LogP contribution is -2.16. The number of anilines is 1. The first kappa shape index (κ1) is 20.6. The summed E-state index contributed by atoms with van der Waals surface area (Å²) in [5, 5.41) is 10.2. The number of pyridine rings is 1. The number of nitrogens with one attached hydrogen (secondary N) is 1. The molecule has 7 heteroatoms. The second kappa shape index (κ2) is 9.49. The Kier molecular flexibility index (Phi) is 6.32. The smallest absolute Gasteiger partial charge is 0.171 e. The first-order valence-electron chi connectivity index (χ1n) is 11.0. The molecule has 31 heavy (non-hydrogen) atoms. The molecule has 5 rings (SSSR count). The van der Waals surface area contributed by atoms with Crippen LogP contribution in [0.2, 0.25) is 0 Å². The van der Waals surface area contributed by atoms with Crippen molar-refractivity contribution in [3.8, 4) is 0 Å². The monoisotopic (exact) mass is 495 g/mol. The predicted molar refractivity (Wildman–Crippen MR) is 130 cm³/mol. The molecule has 4 aromatic heterocycles. The Balaban J connectivity index is 1.29. The van der Waals surface area contributed by atoms with Crippen molar-refractivity contribution in [1.82, 2.24) is 19.6 Å². The van der Waals surface area contributed by atoms with E-state index in [1.807, 2.05) is 34.3 Å². The summed E-state index contributed by atoms with van der Waals surface area (Å²) in [6, 6.07) is 10.7. The van der Waals surface area contributed by atoms with Crippen LogP contribution < -0.4 is 5.32 Å². The van der Waals surface area contributed by atoms with Gasteiger partial charge in [-0.25, -0.2) is 4.98 Å². The second-order valence-electron chi connectivity index (χ2n) is 8.34. The lowest BCUT2D eigenvalue weighted by molar-refractivity contribution is 0.308. The highest BCUT2D eigenvalue weighted by Crippen LogP contribution is 2.38. The Morgan fingerprint density at radius 2 is 2.03 bits per heavy atom. The van der Waals surface area contributed by atoms with E-state index in [1.54, 1.807) is 6.20 Å². The van der Waals surface area contributed by atoms with Gasteiger partial charge in [-0.3, -0.25) is 4.98 Å². The topological polar surface area (TPSA) is 55.1 Å². The van der Waals surface area contributed by atoms with Crippen LogP contribution in [-0.4, -0.2) is 19.6 Å². The minimum atomic E-state index is 0.517. The van der Waals surface area contributed by atoms with Crippen LogP contribution in [0.3, 0.4) is 0 Å². The molecule has 1 fully saturated rings. The molecule has 0 amide bonds. The van der Waals surface area contributed by atoms with E-state index in [1.165, 1.54) is 49.1 Å². The fourth-order valence-electron chi connectivity index (χ4n) is 4.53. The van der Waals surface area contributed by atoms with Gasteiger partial charge in [-0.1, -0.05) is 12.1 Å². The number of thiophene rings is 1. The number of hydrogen-bond donors (Lipinski definition) is 1. The van der Waals surface area contributed by atoms with Gasteiger partial charge in [0.15, 0.2) is 5.65 Å². The van der Waals surface area contributed by atoms with Gasteiger partial charge < -0.3 is 5.32 Å². The quantitative estimate of drug-likeness (QED) is 0.319. The van der Waals surface area contributed by atoms with E-state index in [0.717, 1.165) is 27.4 Å². The number of aryl methyl sites for hydroxylation is 1. The van der Waals surface area contributed by atoms with Crippen molar-refractivity contribution in [2.24, 2.45) is 5.92 Å². The van der Waals surface area contributed by atoms with Gasteiger partial charge in [-0.05, 0) is 83.4 Å². The molecule has 4 aromatic rings. The van der Waals surface area contributed by atoms with E-state index in [0.29, 0.717) is 12.5 Å². The summed E-state index contributed by atoms with van der Waals surface area (Å²) in [7, 11) is 0. The summed E-state index contributed by atoms with van der Waals surface area (Å²) in [6.45, 7) is 0.708. The second-order valence-corrected chi connectivity index (χ2v) is 10.2. The first-order chi connectivity index (χ1) is 15.3. The van der Waals surface area contributed by atoms with Crippen molar-refractivity contribution in [2.75, 3.05) is 5.32 Å². The van der Waals surface area contributed by atoms with E-state index >= 15 is 0 Å². The molecule has 0 atom stereocenters. The molecule has 5 nitrogen and oxygen atoms in total. The Labute approximate surface area is 195 Å². The average molecular weight is 496 g/mol. The molecule has 0 bridgehead atoms. The van der Waals surface area contributed by atoms with Crippen molar-refractivity contribution < 1.29 is 0 Å². The summed E-state index contributed by atoms with van der Waals surface area (Å²) in [6.07, 6.45) is 13.1. The number of nitrogens with zero attached hydrogens (tertiary/aromatic N) is 4. The van der Waals surface area contributed by atoms with Crippen LogP contribution >= 0.6 is 27.3 Å². The van der Waals surface area contributed by atoms with Gasteiger partial charge in [0.2, 0.25) is 0 Å². The Hall–Kier alpha value is -2.25. The van der Waals surface area contributed by atoms with E-state index in [9.17, 15) is 0 Å². The normalized spacial score (nSPS) is 19.0. The summed E-state index contributed by atoms with van der Waals surface area (Å²) < 4.78 is 2.82. The van der Waals surface area contributed by atoms with E-state index in [-0.39, 0.29) is 0 Å². The maximum atomic E-state index is 4.99. The third-order valence-electron chi connectivity index (χ3n) is 6.29. The van der Waals surface area contributed by atoms with Gasteiger partial charge in [0.1, 0.15) is 5.82 Å². The maximum Gasteiger partial charge on any atom is 0.171 e. The third kappa shape index (κ3) is 4.83. The molecular formula is C24H26BrN5S. The molecule has 1 aliphatic rings. The highest BCUT2D eigenvalue weighted by atomic mass is 79.9. The van der Waals surface area contributed by atoms with E-state index < -0.39 is 0 Å². The van der Waals surface area contributed by atoms with E-state index in [2.05, 4.69) is 61.0 Å². The summed E-state index contributed by atoms with van der Waals surface area (Å²) in [5.74, 6) is 2.34. The number of halogens is 1. The lowest BCUT2D eigenvalue weighted by Gasteiger charge is -2.28. The highest BCUT2D eigenvalue weighted by molar-refractivity contribution is 9.10. The molecule has 1 aliphatic carbocycles. The van der Waals surface area contributed by atoms with Crippen molar-refractivity contribution in [2.45, 2.75) is 51.0 Å². The molecule has 1 N–H and O–H groups in total. The van der Waals surface area contributed by atoms with Gasteiger partial charge in [-0.15, -0.1) is 11.3 Å². The van der Waals surface area contributed by atoms with Crippen molar-refractivity contribution in [3.63, 3.8) is 0 Å². The fourth-order valence-corrected chi connectivity index (χ4v) is 5.61. The zero-order valence-corrected chi connectivity index (χ0v) is 19.8. The van der Waals surface area contributed by atoms with E-state index in [4.69, 9.17) is 4.98 Å². The molecule has 0 saturated heterocycles. The van der Waals surface area contributed by atoms with Gasteiger partial charge in [-0.2, -0.15) is 9.61 Å². The standard InChI is InChI=1S/C24H26BrN5S/c25-21-16-28-30-23(27-15-18-3-1-11-26-14-18)13-22(29-24(21)30)19-8-5-17(6-9-19)7-10-20-4-2-12-31-20/h1-4,11-14,16-17,19,27H,5-10,15H2. The van der Waals surface area contributed by atoms with Crippen LogP contribution in [0.5, 0.6) is 0 Å². The Morgan fingerprint density at radius 1 is 1.13 bits per heavy atom. The molecule has 160 valence electrons. The highest BCUT2D eigenvalue weighted by Gasteiger charge is 2.24. The zero-order chi connectivity index (χ0) is 21.0. The van der Waals surface area contributed by atoms with Crippen LogP contribution in [0.15, 0.2) is 58.8 Å². The molecule has 0 unspecified atom stereocenters. The largest absolute Gasteiger partial charge is 0.366 e. The Morgan fingerprint density at radius 3 is 2.81 bits per heavy atom. The van der Waals surface area contributed by atoms with Gasteiger partial charge >= 0.3 is 0 Å². The minimum absolute atomic E-state index is 0.517. The number of aromatic nitrogens is 4. The van der Waals surface area contributed by atoms with Crippen LogP contribution in [0.25, 0.3) is 5.65 Å². The molecule has 0 aromatic carbocycles. The average Bonchev–Trinajstić information content (AvgIpc) is 3.47. The third-order valence-corrected chi connectivity index (χ3v) is 7.78. The Bertz CT molecular complexity index is 1120. The lowest BCUT2D eigenvalue weighted by atomic mass is 9.78. The SMILES string of the molecule is Brc1cnn2c(NCc3cccnc3)cc(C3CCC(CCc4cccs4)CC3)nc12. The van der Waals surface area contributed by atoms with Crippen LogP contribution in [0.4, 0.5) is 5.82 Å². The summed E-state index contributed by atoms with van der Waals surface area (Å²) >= 11 is 5.50. The van der Waals surface area contributed by atoms with Crippen molar-refractivity contribution >= 4 is 38.7 Å². The van der Waals surface area contributed by atoms with Crippen LogP contribution in [0.1, 0.15) is 54.2 Å². The first-order valence-corrected chi connectivity index (χ1v) is 12.6. The summed E-state index contributed by atoms with van der Waals surface area (Å²) in [4.78, 5) is 10.7. The minimum Gasteiger partial charge on any atom is -0.366 e. The van der Waals surface area contributed by atoms with Gasteiger partial charge in [0.25, 0.3) is 0 Å². The number of fused-ring (bicyclic) bond motifs is 1. The predicted octanol–water partition coefficient (Wildman–Crippen LogP) is 6.47. The van der Waals surface area contributed by atoms with Crippen LogP contribution in [-0.2, 0) is 13.0 Å². The molecular weight excluding hydrogens is 470 g/mol. The van der Waals surface area contributed by atoms with Gasteiger partial charge in [0.05, 0.1) is 10.7 Å². The van der Waals surface area contributed by atoms with Crippen molar-refractivity contribution in [3.05, 3.63) is 74.9 Å². The van der Waals surface area contributed by atoms with Crippen molar-refractivity contribution in [1.29, 1.82) is 0 Å².